The monoisotopic (exact) mass is 329 g/mol. The number of benzene rings is 1. The van der Waals surface area contributed by atoms with Crippen LogP contribution in [-0.4, -0.2) is 43.0 Å². The Bertz CT molecular complexity index is 750. The van der Waals surface area contributed by atoms with Crippen LogP contribution >= 0.6 is 0 Å². The number of ketones is 1. The van der Waals surface area contributed by atoms with Gasteiger partial charge in [-0.3, -0.25) is 9.59 Å². The van der Waals surface area contributed by atoms with E-state index in [2.05, 4.69) is 4.98 Å². The third-order valence-electron chi connectivity index (χ3n) is 4.79. The van der Waals surface area contributed by atoms with E-state index >= 15 is 0 Å². The van der Waals surface area contributed by atoms with Gasteiger partial charge in [0.1, 0.15) is 12.5 Å². The minimum absolute atomic E-state index is 0.0771. The molecule has 1 fully saturated rings. The molecule has 0 radical (unpaired) electrons. The lowest BCUT2D eigenvalue weighted by Crippen LogP contribution is -3.14. The van der Waals surface area contributed by atoms with Crippen LogP contribution in [-0.2, 0) is 9.53 Å². The smallest absolute Gasteiger partial charge is 0.314 e. The van der Waals surface area contributed by atoms with E-state index in [1.165, 1.54) is 4.90 Å². The molecule has 1 aromatic heterocycles. The number of Topliss-reactive ketones (excluding diaryl/α,β-unsaturated/α-hetero) is 1. The molecule has 0 aliphatic carbocycles. The van der Waals surface area contributed by atoms with Gasteiger partial charge < -0.3 is 14.6 Å². The highest BCUT2D eigenvalue weighted by atomic mass is 16.5. The van der Waals surface area contributed by atoms with E-state index in [1.54, 1.807) is 6.20 Å². The number of nitrogens with one attached hydrogen (secondary N) is 2. The molecule has 0 saturated carbocycles. The van der Waals surface area contributed by atoms with Gasteiger partial charge in [-0.1, -0.05) is 11.6 Å². The minimum atomic E-state index is -0.120. The molecule has 0 amide bonds. The Hall–Kier alpha value is -2.14. The molecule has 1 saturated heterocycles. The Morgan fingerprint density at radius 1 is 1.38 bits per heavy atom. The van der Waals surface area contributed by atoms with Gasteiger partial charge in [0.05, 0.1) is 19.7 Å². The second-order valence-corrected chi connectivity index (χ2v) is 6.65. The van der Waals surface area contributed by atoms with Crippen LogP contribution in [0.5, 0.6) is 0 Å². The van der Waals surface area contributed by atoms with Crippen molar-refractivity contribution in [1.29, 1.82) is 0 Å². The number of H-pyrrole nitrogens is 1. The van der Waals surface area contributed by atoms with Gasteiger partial charge in [0.2, 0.25) is 5.78 Å². The molecule has 2 aromatic rings. The summed E-state index contributed by atoms with van der Waals surface area (Å²) >= 11 is 0. The van der Waals surface area contributed by atoms with E-state index in [0.717, 1.165) is 41.4 Å². The van der Waals surface area contributed by atoms with Crippen molar-refractivity contribution in [2.45, 2.75) is 26.7 Å². The Morgan fingerprint density at radius 3 is 3.00 bits per heavy atom. The van der Waals surface area contributed by atoms with Crippen LogP contribution in [0.3, 0.4) is 0 Å². The van der Waals surface area contributed by atoms with Gasteiger partial charge in [-0.05, 0) is 38.8 Å². The zero-order valence-corrected chi connectivity index (χ0v) is 14.4. The van der Waals surface area contributed by atoms with E-state index in [4.69, 9.17) is 4.74 Å². The molecule has 1 aliphatic rings. The van der Waals surface area contributed by atoms with Crippen molar-refractivity contribution in [1.82, 2.24) is 4.98 Å². The molecule has 24 heavy (non-hydrogen) atoms. The van der Waals surface area contributed by atoms with Gasteiger partial charge in [-0.2, -0.15) is 0 Å². The summed E-state index contributed by atoms with van der Waals surface area (Å²) in [6.07, 6.45) is 3.63. The van der Waals surface area contributed by atoms with Crippen LogP contribution in [0.2, 0.25) is 0 Å². The molecule has 5 nitrogen and oxygen atoms in total. The molecule has 1 aliphatic heterocycles. The number of aryl methyl sites for hydroxylation is 1. The Kier molecular flexibility index (Phi) is 5.00. The number of fused-ring (bicyclic) bond motifs is 1. The van der Waals surface area contributed by atoms with Gasteiger partial charge in [0.15, 0.2) is 0 Å². The molecular formula is C19H25N2O3+. The molecule has 1 aromatic carbocycles. The topological polar surface area (TPSA) is 63.6 Å². The minimum Gasteiger partial charge on any atom is -0.466 e. The summed E-state index contributed by atoms with van der Waals surface area (Å²) in [6.45, 7) is 6.32. The number of esters is 1. The summed E-state index contributed by atoms with van der Waals surface area (Å²) in [6, 6.07) is 6.09. The van der Waals surface area contributed by atoms with Crippen LogP contribution in [0.4, 0.5) is 0 Å². The van der Waals surface area contributed by atoms with Crippen molar-refractivity contribution in [2.24, 2.45) is 5.92 Å². The fraction of sp³-hybridized carbons (Fsp3) is 0.474. The first-order chi connectivity index (χ1) is 11.6. The summed E-state index contributed by atoms with van der Waals surface area (Å²) in [7, 11) is 0. The lowest BCUT2D eigenvalue weighted by molar-refractivity contribution is -0.899. The van der Waals surface area contributed by atoms with Gasteiger partial charge >= 0.3 is 5.97 Å². The van der Waals surface area contributed by atoms with Crippen molar-refractivity contribution in [3.63, 3.8) is 0 Å². The maximum Gasteiger partial charge on any atom is 0.314 e. The fourth-order valence-electron chi connectivity index (χ4n) is 3.56. The van der Waals surface area contributed by atoms with Crippen LogP contribution < -0.4 is 4.90 Å². The number of carbonyl (C=O) groups excluding carboxylic acids is 2. The standard InChI is InChI=1S/C19H24N2O3/c1-3-24-19(23)14-5-4-8-21(11-14)12-18(22)16-10-20-17-7-6-13(2)9-15(16)17/h6-7,9-10,14,20H,3-5,8,11-12H2,1-2H3/p+1/t14-/m0/s1. The molecule has 2 heterocycles. The third kappa shape index (κ3) is 3.51. The summed E-state index contributed by atoms with van der Waals surface area (Å²) in [4.78, 5) is 29.0. The fourth-order valence-corrected chi connectivity index (χ4v) is 3.56. The molecule has 2 N–H and O–H groups in total. The number of ether oxygens (including phenoxy) is 1. The third-order valence-corrected chi connectivity index (χ3v) is 4.79. The predicted molar refractivity (Wildman–Crippen MR) is 92.3 cm³/mol. The van der Waals surface area contributed by atoms with Gasteiger partial charge in [-0.15, -0.1) is 0 Å². The zero-order valence-electron chi connectivity index (χ0n) is 14.4. The highest BCUT2D eigenvalue weighted by Crippen LogP contribution is 2.20. The first-order valence-corrected chi connectivity index (χ1v) is 8.69. The number of rotatable bonds is 5. The Labute approximate surface area is 142 Å². The SMILES string of the molecule is CCOC(=O)[C@H]1CCC[NH+](CC(=O)c2c[nH]c3ccc(C)cc23)C1. The summed E-state index contributed by atoms with van der Waals surface area (Å²) in [5.41, 5.74) is 2.88. The van der Waals surface area contributed by atoms with E-state index in [9.17, 15) is 9.59 Å². The van der Waals surface area contributed by atoms with E-state index < -0.39 is 0 Å². The zero-order chi connectivity index (χ0) is 17.1. The molecule has 128 valence electrons. The van der Waals surface area contributed by atoms with Gasteiger partial charge in [-0.25, -0.2) is 0 Å². The number of piperidine rings is 1. The van der Waals surface area contributed by atoms with Crippen molar-refractivity contribution in [2.75, 3.05) is 26.2 Å². The van der Waals surface area contributed by atoms with Gasteiger partial charge in [0, 0.05) is 22.7 Å². The first-order valence-electron chi connectivity index (χ1n) is 8.69. The number of hydrogen-bond acceptors (Lipinski definition) is 3. The maximum atomic E-state index is 12.7. The lowest BCUT2D eigenvalue weighted by Gasteiger charge is -2.28. The number of aromatic amines is 1. The molecule has 2 atom stereocenters. The van der Waals surface area contributed by atoms with Crippen LogP contribution in [0, 0.1) is 12.8 Å². The normalized spacial score (nSPS) is 20.9. The molecule has 5 heteroatoms. The quantitative estimate of drug-likeness (QED) is 0.646. The van der Waals surface area contributed by atoms with E-state index in [-0.39, 0.29) is 17.7 Å². The maximum absolute atomic E-state index is 12.7. The Balaban J connectivity index is 1.69. The number of carbonyl (C=O) groups is 2. The second kappa shape index (κ2) is 7.18. The molecule has 1 unspecified atom stereocenters. The van der Waals surface area contributed by atoms with Crippen molar-refractivity contribution in [3.05, 3.63) is 35.5 Å². The van der Waals surface area contributed by atoms with Gasteiger partial charge in [0.25, 0.3) is 0 Å². The number of likely N-dealkylation sites (tertiary alicyclic amines) is 1. The first kappa shape index (κ1) is 16.7. The van der Waals surface area contributed by atoms with Crippen molar-refractivity contribution < 1.29 is 19.2 Å². The summed E-state index contributed by atoms with van der Waals surface area (Å²) in [5, 5.41) is 0.985. The van der Waals surface area contributed by atoms with Crippen LogP contribution in [0.1, 0.15) is 35.7 Å². The average molecular weight is 329 g/mol. The van der Waals surface area contributed by atoms with E-state index in [1.807, 2.05) is 32.0 Å². The van der Waals surface area contributed by atoms with Crippen LogP contribution in [0.15, 0.2) is 24.4 Å². The molecular weight excluding hydrogens is 304 g/mol. The van der Waals surface area contributed by atoms with Crippen molar-refractivity contribution >= 4 is 22.7 Å². The average Bonchev–Trinajstić information content (AvgIpc) is 2.98. The number of hydrogen-bond donors (Lipinski definition) is 2. The largest absolute Gasteiger partial charge is 0.466 e. The van der Waals surface area contributed by atoms with Crippen LogP contribution in [0.25, 0.3) is 10.9 Å². The molecule has 0 bridgehead atoms. The highest BCUT2D eigenvalue weighted by Gasteiger charge is 2.31. The Morgan fingerprint density at radius 2 is 2.21 bits per heavy atom. The van der Waals surface area contributed by atoms with Crippen molar-refractivity contribution in [3.8, 4) is 0 Å². The second-order valence-electron chi connectivity index (χ2n) is 6.65. The summed E-state index contributed by atoms with van der Waals surface area (Å²) < 4.78 is 5.14. The van der Waals surface area contributed by atoms with E-state index in [0.29, 0.717) is 19.7 Å². The number of quaternary nitrogens is 1. The summed E-state index contributed by atoms with van der Waals surface area (Å²) in [5.74, 6) is -0.0667. The molecule has 0 spiro atoms. The number of aromatic nitrogens is 1. The predicted octanol–water partition coefficient (Wildman–Crippen LogP) is 1.52. The lowest BCUT2D eigenvalue weighted by atomic mass is 9.97. The highest BCUT2D eigenvalue weighted by molar-refractivity contribution is 6.08. The molecule has 3 rings (SSSR count).